The molecular weight excluding hydrogens is 556 g/mol. The highest BCUT2D eigenvalue weighted by atomic mass is 31.2. The molecule has 42 heavy (non-hydrogen) atoms. The maximum Gasteiger partial charge on any atom is 0.475 e. The van der Waals surface area contributed by atoms with Crippen molar-refractivity contribution in [2.45, 2.75) is 110 Å². The predicted molar refractivity (Wildman–Crippen MR) is 158 cm³/mol. The summed E-state index contributed by atoms with van der Waals surface area (Å²) >= 11 is 0. The molecule has 0 spiro atoms. The minimum absolute atomic E-state index is 0.156. The Bertz CT molecular complexity index is 1170. The molecule has 4 aliphatic carbocycles. The van der Waals surface area contributed by atoms with Crippen molar-refractivity contribution >= 4 is 7.82 Å². The Morgan fingerprint density at radius 2 is 1.88 bits per heavy atom. The number of aliphatic hydroxyl groups is 2. The number of hydrogen-bond donors (Lipinski definition) is 2. The third-order valence-electron chi connectivity index (χ3n) is 13.0. The van der Waals surface area contributed by atoms with Crippen molar-refractivity contribution in [1.82, 2.24) is 4.98 Å². The number of pyridine rings is 1. The second kappa shape index (κ2) is 11.8. The molecule has 6 rings (SSSR count). The van der Waals surface area contributed by atoms with Crippen LogP contribution in [0.1, 0.15) is 104 Å². The first-order chi connectivity index (χ1) is 20.0. The predicted octanol–water partition coefficient (Wildman–Crippen LogP) is 7.48. The first kappa shape index (κ1) is 31.1. The van der Waals surface area contributed by atoms with Crippen LogP contribution in [-0.2, 0) is 18.1 Å². The van der Waals surface area contributed by atoms with Crippen LogP contribution in [0.5, 0.6) is 0 Å². The number of nitrogens with zero attached hydrogens (tertiary/aromatic N) is 1. The lowest BCUT2D eigenvalue weighted by Crippen LogP contribution is -2.62. The van der Waals surface area contributed by atoms with Crippen LogP contribution in [0.25, 0.3) is 0 Å². The smallest absolute Gasteiger partial charge is 0.393 e. The fraction of sp³-hybridized carbons (Fsp3) is 0.848. The Balaban J connectivity index is 1.11. The summed E-state index contributed by atoms with van der Waals surface area (Å²) in [5.74, 6) is 2.39. The number of phosphoric acid groups is 1. The topological polar surface area (TPSA) is 98.1 Å². The van der Waals surface area contributed by atoms with Gasteiger partial charge in [-0.15, -0.1) is 0 Å². The molecule has 5 fully saturated rings. The second-order valence-corrected chi connectivity index (χ2v) is 16.4. The molecule has 0 aromatic carbocycles. The van der Waals surface area contributed by atoms with Gasteiger partial charge in [-0.3, -0.25) is 18.6 Å². The molecule has 1 saturated heterocycles. The molecule has 4 unspecified atom stereocenters. The van der Waals surface area contributed by atoms with Crippen molar-refractivity contribution in [2.75, 3.05) is 13.2 Å². The lowest BCUT2D eigenvalue weighted by molar-refractivity contribution is -0.203. The lowest BCUT2D eigenvalue weighted by Gasteiger charge is -2.64. The Hall–Kier alpha value is -0.890. The van der Waals surface area contributed by atoms with Crippen molar-refractivity contribution in [3.8, 4) is 0 Å². The molecule has 1 aromatic rings. The van der Waals surface area contributed by atoms with Crippen LogP contribution in [0, 0.1) is 58.1 Å². The van der Waals surface area contributed by atoms with Gasteiger partial charge < -0.3 is 10.2 Å². The molecule has 2 heterocycles. The molecular formula is C33H51FNO6P. The van der Waals surface area contributed by atoms with E-state index in [1.54, 1.807) is 6.07 Å². The van der Waals surface area contributed by atoms with Gasteiger partial charge in [-0.1, -0.05) is 34.1 Å². The summed E-state index contributed by atoms with van der Waals surface area (Å²) in [5.41, 5.74) is 0.681. The number of aliphatic hydroxyl groups excluding tert-OH is 2. The van der Waals surface area contributed by atoms with E-state index in [0.29, 0.717) is 47.5 Å². The van der Waals surface area contributed by atoms with Gasteiger partial charge in [-0.25, -0.2) is 8.96 Å². The van der Waals surface area contributed by atoms with E-state index in [4.69, 9.17) is 13.6 Å². The highest BCUT2D eigenvalue weighted by Crippen LogP contribution is 2.69. The molecule has 7 nitrogen and oxygen atoms in total. The van der Waals surface area contributed by atoms with Gasteiger partial charge in [0.25, 0.3) is 0 Å². The van der Waals surface area contributed by atoms with Crippen LogP contribution in [0.3, 0.4) is 0 Å². The number of halogens is 1. The van der Waals surface area contributed by atoms with Gasteiger partial charge in [0.05, 0.1) is 37.7 Å². The summed E-state index contributed by atoms with van der Waals surface area (Å²) in [6.45, 7) is 9.90. The largest absolute Gasteiger partial charge is 0.475 e. The zero-order valence-corrected chi connectivity index (χ0v) is 26.7. The van der Waals surface area contributed by atoms with Crippen molar-refractivity contribution in [3.63, 3.8) is 0 Å². The van der Waals surface area contributed by atoms with E-state index in [1.807, 2.05) is 0 Å². The van der Waals surface area contributed by atoms with E-state index in [-0.39, 0.29) is 42.2 Å². The van der Waals surface area contributed by atoms with Crippen LogP contribution in [0.4, 0.5) is 4.39 Å². The monoisotopic (exact) mass is 607 g/mol. The van der Waals surface area contributed by atoms with E-state index in [2.05, 4.69) is 32.7 Å². The van der Waals surface area contributed by atoms with E-state index in [9.17, 15) is 19.2 Å². The molecule has 5 aliphatic rings. The summed E-state index contributed by atoms with van der Waals surface area (Å²) < 4.78 is 44.5. The molecule has 4 saturated carbocycles. The normalized spacial score (nSPS) is 47.7. The Kier molecular flexibility index (Phi) is 8.74. The highest BCUT2D eigenvalue weighted by molar-refractivity contribution is 7.48. The average molecular weight is 608 g/mol. The number of fused-ring (bicyclic) bond motifs is 5. The minimum atomic E-state index is -3.79. The van der Waals surface area contributed by atoms with Gasteiger partial charge in [0, 0.05) is 18.2 Å². The van der Waals surface area contributed by atoms with Crippen molar-refractivity contribution in [2.24, 2.45) is 52.3 Å². The van der Waals surface area contributed by atoms with Crippen molar-refractivity contribution in [1.29, 1.82) is 0 Å². The third-order valence-corrected chi connectivity index (χ3v) is 14.5. The maximum absolute atomic E-state index is 14.3. The molecule has 0 amide bonds. The maximum atomic E-state index is 14.3. The zero-order valence-electron chi connectivity index (χ0n) is 25.8. The number of phosphoric ester groups is 1. The first-order valence-electron chi connectivity index (χ1n) is 16.5. The molecule has 1 aliphatic heterocycles. The van der Waals surface area contributed by atoms with Crippen molar-refractivity contribution in [3.05, 3.63) is 29.8 Å². The first-order valence-corrected chi connectivity index (χ1v) is 18.0. The van der Waals surface area contributed by atoms with Gasteiger partial charge in [0.2, 0.25) is 0 Å². The number of rotatable bonds is 7. The standard InChI is InChI=1S/C33H51FNO6P/c1-5-22-27-18-21(36)8-13-33(27,4)26-9-14-32(3)24(6-7-25(32)30(26)31(22)37)20(2)11-16-39-42(38)40-17-12-29(41-42)23-10-15-35-19-28(23)34/h10,15,19-22,24-27,29-31,36-37H,5-9,11-14,16-18H2,1-4H3/t20-,21-,22-,24-,25?,26?,27?,29-,30?,31-,32-,33-,42-/m1/s1. The molecule has 236 valence electrons. The van der Waals surface area contributed by atoms with Gasteiger partial charge in [0.1, 0.15) is 5.82 Å². The Labute approximate surface area is 250 Å². The molecule has 9 heteroatoms. The molecule has 1 aromatic heterocycles. The van der Waals surface area contributed by atoms with Crippen LogP contribution < -0.4 is 0 Å². The summed E-state index contributed by atoms with van der Waals surface area (Å²) in [6.07, 6.45) is 11.0. The van der Waals surface area contributed by atoms with Gasteiger partial charge in [-0.05, 0) is 110 Å². The Morgan fingerprint density at radius 1 is 1.12 bits per heavy atom. The molecule has 0 bridgehead atoms. The quantitative estimate of drug-likeness (QED) is 0.310. The van der Waals surface area contributed by atoms with Gasteiger partial charge in [0.15, 0.2) is 0 Å². The summed E-state index contributed by atoms with van der Waals surface area (Å²) in [7, 11) is -3.79. The van der Waals surface area contributed by atoms with Crippen LogP contribution in [-0.4, -0.2) is 40.6 Å². The zero-order chi connectivity index (χ0) is 29.9. The number of hydrogen-bond acceptors (Lipinski definition) is 7. The van der Waals surface area contributed by atoms with E-state index in [0.717, 1.165) is 57.6 Å². The molecule has 2 N–H and O–H groups in total. The molecule has 0 radical (unpaired) electrons. The lowest BCUT2D eigenvalue weighted by atomic mass is 9.41. The third kappa shape index (κ3) is 5.24. The van der Waals surface area contributed by atoms with Crippen LogP contribution in [0.15, 0.2) is 18.5 Å². The fourth-order valence-electron chi connectivity index (χ4n) is 10.9. The summed E-state index contributed by atoms with van der Waals surface area (Å²) in [4.78, 5) is 3.79. The van der Waals surface area contributed by atoms with E-state index < -0.39 is 19.7 Å². The fourth-order valence-corrected chi connectivity index (χ4v) is 12.3. The highest BCUT2D eigenvalue weighted by Gasteiger charge is 2.64. The Morgan fingerprint density at radius 3 is 2.64 bits per heavy atom. The van der Waals surface area contributed by atoms with Crippen LogP contribution in [0.2, 0.25) is 0 Å². The average Bonchev–Trinajstić information content (AvgIpc) is 3.31. The van der Waals surface area contributed by atoms with Crippen molar-refractivity contribution < 1.29 is 32.7 Å². The molecule has 13 atom stereocenters. The summed E-state index contributed by atoms with van der Waals surface area (Å²) in [5, 5.41) is 22.5. The van der Waals surface area contributed by atoms with Gasteiger partial charge >= 0.3 is 7.82 Å². The SMILES string of the molecule is CC[C@@H]1C2C[C@H](O)CC[C@]2(C)C2CC[C@@]3(C)C(CC[C@@H]3[C@H](C)CCO[P@]3(=O)OCC[C@H](c4ccncc4F)O3)C2[C@@H]1O. The van der Waals surface area contributed by atoms with E-state index in [1.165, 1.54) is 12.6 Å². The minimum Gasteiger partial charge on any atom is -0.393 e. The van der Waals surface area contributed by atoms with E-state index >= 15 is 0 Å². The van der Waals surface area contributed by atoms with Crippen LogP contribution >= 0.6 is 7.82 Å². The second-order valence-electron chi connectivity index (χ2n) is 14.8. The number of aromatic nitrogens is 1. The summed E-state index contributed by atoms with van der Waals surface area (Å²) in [6, 6.07) is 1.55. The van der Waals surface area contributed by atoms with Gasteiger partial charge in [-0.2, -0.15) is 0 Å².